The summed E-state index contributed by atoms with van der Waals surface area (Å²) in [6.07, 6.45) is 7.83. The number of pyridine rings is 2. The van der Waals surface area contributed by atoms with Crippen LogP contribution in [0.2, 0.25) is 5.02 Å². The first-order valence-corrected chi connectivity index (χ1v) is 9.92. The number of nitrogens with zero attached hydrogens (tertiary/aromatic N) is 4. The zero-order valence-electron chi connectivity index (χ0n) is 15.7. The van der Waals surface area contributed by atoms with Crippen LogP contribution in [0.3, 0.4) is 0 Å². The lowest BCUT2D eigenvalue weighted by Gasteiger charge is -2.28. The molecule has 3 aromatic heterocycles. The van der Waals surface area contributed by atoms with Crippen LogP contribution in [-0.4, -0.2) is 37.7 Å². The highest BCUT2D eigenvalue weighted by atomic mass is 35.5. The minimum atomic E-state index is -0.526. The normalized spacial score (nSPS) is 19.1. The molecule has 0 bridgehead atoms. The Morgan fingerprint density at radius 1 is 1.31 bits per heavy atom. The Morgan fingerprint density at radius 3 is 2.86 bits per heavy atom. The summed E-state index contributed by atoms with van der Waals surface area (Å²) in [5.41, 5.74) is 2.81. The summed E-state index contributed by atoms with van der Waals surface area (Å²) in [7, 11) is 0. The van der Waals surface area contributed by atoms with Crippen molar-refractivity contribution in [1.29, 1.82) is 5.26 Å². The molecule has 148 valence electrons. The first kappa shape index (κ1) is 19.4. The van der Waals surface area contributed by atoms with E-state index in [0.29, 0.717) is 40.3 Å². The highest BCUT2D eigenvalue weighted by Gasteiger charge is 2.27. The van der Waals surface area contributed by atoms with Gasteiger partial charge < -0.3 is 15.0 Å². The van der Waals surface area contributed by atoms with Gasteiger partial charge in [0.05, 0.1) is 28.2 Å². The number of nitriles is 1. The van der Waals surface area contributed by atoms with Crippen LogP contribution in [0.5, 0.6) is 0 Å². The number of aliphatic hydroxyl groups excluding tert-OH is 1. The maximum absolute atomic E-state index is 13.0. The Kier molecular flexibility index (Phi) is 5.47. The third kappa shape index (κ3) is 3.95. The van der Waals surface area contributed by atoms with Gasteiger partial charge >= 0.3 is 0 Å². The fourth-order valence-electron chi connectivity index (χ4n) is 3.78. The zero-order chi connectivity index (χ0) is 20.4. The Morgan fingerprint density at radius 2 is 2.14 bits per heavy atom. The van der Waals surface area contributed by atoms with Crippen LogP contribution in [0, 0.1) is 11.3 Å². The SMILES string of the molecule is N#Cc1ccc(Cn2cc(C(=O)N[C@H]3CCCCC3O)c3nccc(Cl)c32)cn1. The molecule has 29 heavy (non-hydrogen) atoms. The van der Waals surface area contributed by atoms with E-state index < -0.39 is 6.10 Å². The third-order valence-electron chi connectivity index (χ3n) is 5.29. The van der Waals surface area contributed by atoms with Crippen molar-refractivity contribution in [2.24, 2.45) is 0 Å². The van der Waals surface area contributed by atoms with E-state index in [-0.39, 0.29) is 11.9 Å². The van der Waals surface area contributed by atoms with Crippen molar-refractivity contribution in [2.45, 2.75) is 44.4 Å². The first-order chi connectivity index (χ1) is 14.1. The molecule has 4 rings (SSSR count). The van der Waals surface area contributed by atoms with Crippen LogP contribution in [0.1, 0.15) is 47.3 Å². The zero-order valence-corrected chi connectivity index (χ0v) is 16.4. The summed E-state index contributed by atoms with van der Waals surface area (Å²) < 4.78 is 1.86. The largest absolute Gasteiger partial charge is 0.391 e. The minimum Gasteiger partial charge on any atom is -0.391 e. The van der Waals surface area contributed by atoms with Gasteiger partial charge in [0.2, 0.25) is 0 Å². The molecule has 3 heterocycles. The molecular formula is C21H20ClN5O2. The lowest BCUT2D eigenvalue weighted by molar-refractivity contribution is 0.0718. The summed E-state index contributed by atoms with van der Waals surface area (Å²) >= 11 is 6.42. The van der Waals surface area contributed by atoms with Crippen molar-refractivity contribution < 1.29 is 9.90 Å². The molecule has 1 unspecified atom stereocenters. The number of halogens is 1. The number of hydrogen-bond acceptors (Lipinski definition) is 5. The van der Waals surface area contributed by atoms with Gasteiger partial charge in [-0.05, 0) is 30.5 Å². The Hall–Kier alpha value is -2.95. The second-order valence-corrected chi connectivity index (χ2v) is 7.66. The Balaban J connectivity index is 1.67. The molecule has 7 nitrogen and oxygen atoms in total. The molecule has 2 N–H and O–H groups in total. The molecule has 0 aromatic carbocycles. The summed E-state index contributed by atoms with van der Waals surface area (Å²) in [5.74, 6) is -0.271. The Bertz CT molecular complexity index is 1090. The topological polar surface area (TPSA) is 104 Å². The number of aromatic nitrogens is 3. The second kappa shape index (κ2) is 8.19. The number of hydrogen-bond donors (Lipinski definition) is 2. The van der Waals surface area contributed by atoms with E-state index in [2.05, 4.69) is 15.3 Å². The van der Waals surface area contributed by atoms with Crippen molar-refractivity contribution in [3.05, 3.63) is 58.6 Å². The molecule has 2 atom stereocenters. The quantitative estimate of drug-likeness (QED) is 0.689. The average molecular weight is 410 g/mol. The van der Waals surface area contributed by atoms with Gasteiger partial charge in [0.15, 0.2) is 0 Å². The lowest BCUT2D eigenvalue weighted by atomic mass is 9.92. The first-order valence-electron chi connectivity index (χ1n) is 9.54. The predicted molar refractivity (Wildman–Crippen MR) is 109 cm³/mol. The van der Waals surface area contributed by atoms with Crippen LogP contribution in [0.4, 0.5) is 0 Å². The second-order valence-electron chi connectivity index (χ2n) is 7.26. The number of fused-ring (bicyclic) bond motifs is 1. The van der Waals surface area contributed by atoms with Gasteiger partial charge in [0.25, 0.3) is 5.91 Å². The van der Waals surface area contributed by atoms with E-state index >= 15 is 0 Å². The van der Waals surface area contributed by atoms with Crippen molar-refractivity contribution in [2.75, 3.05) is 0 Å². The molecule has 0 radical (unpaired) electrons. The van der Waals surface area contributed by atoms with Gasteiger partial charge in [0, 0.05) is 25.1 Å². The average Bonchev–Trinajstić information content (AvgIpc) is 3.10. The molecule has 1 saturated carbocycles. The fourth-order valence-corrected chi connectivity index (χ4v) is 4.03. The van der Waals surface area contributed by atoms with E-state index in [1.165, 1.54) is 0 Å². The summed E-state index contributed by atoms with van der Waals surface area (Å²) in [5, 5.41) is 22.5. The van der Waals surface area contributed by atoms with E-state index in [9.17, 15) is 9.90 Å². The van der Waals surface area contributed by atoms with E-state index in [1.807, 2.05) is 16.7 Å². The van der Waals surface area contributed by atoms with Crippen LogP contribution in [-0.2, 0) is 6.54 Å². The van der Waals surface area contributed by atoms with E-state index in [4.69, 9.17) is 16.9 Å². The van der Waals surface area contributed by atoms with Crippen LogP contribution in [0.25, 0.3) is 11.0 Å². The number of carbonyl (C=O) groups excluding carboxylic acids is 1. The van der Waals surface area contributed by atoms with Gasteiger partial charge in [-0.3, -0.25) is 9.78 Å². The summed E-state index contributed by atoms with van der Waals surface area (Å²) in [4.78, 5) is 21.4. The monoisotopic (exact) mass is 409 g/mol. The number of aliphatic hydroxyl groups is 1. The molecule has 1 amide bonds. The van der Waals surface area contributed by atoms with Crippen LogP contribution < -0.4 is 5.32 Å². The number of carbonyl (C=O) groups is 1. The number of amides is 1. The smallest absolute Gasteiger partial charge is 0.255 e. The molecule has 0 saturated heterocycles. The van der Waals surface area contributed by atoms with Gasteiger partial charge in [0.1, 0.15) is 17.3 Å². The van der Waals surface area contributed by atoms with Crippen LogP contribution in [0.15, 0.2) is 36.8 Å². The Labute approximate surface area is 173 Å². The van der Waals surface area contributed by atoms with Gasteiger partial charge in [-0.2, -0.15) is 5.26 Å². The molecule has 0 spiro atoms. The third-order valence-corrected chi connectivity index (χ3v) is 5.59. The maximum atomic E-state index is 13.0. The van der Waals surface area contributed by atoms with E-state index in [1.54, 1.807) is 30.7 Å². The molecule has 1 fully saturated rings. The van der Waals surface area contributed by atoms with Crippen molar-refractivity contribution in [3.8, 4) is 6.07 Å². The molecular weight excluding hydrogens is 390 g/mol. The fraction of sp³-hybridized carbons (Fsp3) is 0.333. The predicted octanol–water partition coefficient (Wildman–Crippen LogP) is 3.04. The maximum Gasteiger partial charge on any atom is 0.255 e. The summed E-state index contributed by atoms with van der Waals surface area (Å²) in [6, 6.07) is 6.90. The highest BCUT2D eigenvalue weighted by Crippen LogP contribution is 2.28. The van der Waals surface area contributed by atoms with Crippen molar-refractivity contribution >= 4 is 28.5 Å². The standard InChI is InChI=1S/C21H20ClN5O2/c22-16-7-8-24-19-15(21(29)26-17-3-1-2-4-18(17)28)12-27(20(16)19)11-13-5-6-14(9-23)25-10-13/h5-8,10,12,17-18,28H,1-4,11H2,(H,26,29)/t17-,18?/m0/s1. The number of nitrogens with one attached hydrogen (secondary N) is 1. The number of rotatable bonds is 4. The van der Waals surface area contributed by atoms with Crippen molar-refractivity contribution in [1.82, 2.24) is 19.9 Å². The molecule has 8 heteroatoms. The molecule has 0 aliphatic heterocycles. The summed E-state index contributed by atoms with van der Waals surface area (Å²) in [6.45, 7) is 0.431. The van der Waals surface area contributed by atoms with Crippen LogP contribution >= 0.6 is 11.6 Å². The van der Waals surface area contributed by atoms with Gasteiger partial charge in [-0.15, -0.1) is 0 Å². The highest BCUT2D eigenvalue weighted by molar-refractivity contribution is 6.35. The molecule has 1 aliphatic rings. The van der Waals surface area contributed by atoms with Gasteiger partial charge in [-0.1, -0.05) is 30.5 Å². The lowest BCUT2D eigenvalue weighted by Crippen LogP contribution is -2.45. The van der Waals surface area contributed by atoms with Crippen molar-refractivity contribution in [3.63, 3.8) is 0 Å². The van der Waals surface area contributed by atoms with Gasteiger partial charge in [-0.25, -0.2) is 4.98 Å². The van der Waals surface area contributed by atoms with E-state index in [0.717, 1.165) is 24.8 Å². The minimum absolute atomic E-state index is 0.253. The molecule has 3 aromatic rings. The molecule has 1 aliphatic carbocycles.